The van der Waals surface area contributed by atoms with Gasteiger partial charge in [0.25, 0.3) is 0 Å². The fourth-order valence-corrected chi connectivity index (χ4v) is 1.74. The number of hydrogen-bond acceptors (Lipinski definition) is 1. The maximum atomic E-state index is 13.5. The van der Waals surface area contributed by atoms with Crippen LogP contribution in [0.15, 0.2) is 36.5 Å². The molecule has 0 spiro atoms. The maximum absolute atomic E-state index is 13.5. The van der Waals surface area contributed by atoms with Crippen molar-refractivity contribution in [1.29, 1.82) is 0 Å². The zero-order valence-corrected chi connectivity index (χ0v) is 10.7. The molecule has 0 aliphatic carbocycles. The fourth-order valence-electron chi connectivity index (χ4n) is 1.57. The predicted octanol–water partition coefficient (Wildman–Crippen LogP) is 3.56. The van der Waals surface area contributed by atoms with Gasteiger partial charge in [0.1, 0.15) is 5.82 Å². The fraction of sp³-hybridized carbons (Fsp3) is 0.250. The van der Waals surface area contributed by atoms with Crippen molar-refractivity contribution >= 4 is 24.0 Å². The molecule has 2 rings (SSSR count). The summed E-state index contributed by atoms with van der Waals surface area (Å²) < 4.78 is 13.5. The Morgan fingerprint density at radius 1 is 1.18 bits per heavy atom. The summed E-state index contributed by atoms with van der Waals surface area (Å²) in [5.74, 6) is 0.578. The van der Waals surface area contributed by atoms with Crippen molar-refractivity contribution in [3.05, 3.63) is 53.6 Å². The van der Waals surface area contributed by atoms with E-state index in [0.717, 1.165) is 6.42 Å². The van der Waals surface area contributed by atoms with E-state index < -0.39 is 0 Å². The van der Waals surface area contributed by atoms with Gasteiger partial charge >= 0.3 is 0 Å². The van der Waals surface area contributed by atoms with Gasteiger partial charge in [0.2, 0.25) is 0 Å². The molecule has 0 amide bonds. The van der Waals surface area contributed by atoms with Crippen LogP contribution in [0.2, 0.25) is 0 Å². The number of alkyl halides is 1. The molecule has 17 heavy (non-hydrogen) atoms. The third kappa shape index (κ3) is 3.45. The highest BCUT2D eigenvalue weighted by Gasteiger charge is 2.08. The second-order valence-electron chi connectivity index (χ2n) is 3.57. The third-order valence-corrected chi connectivity index (χ3v) is 2.73. The summed E-state index contributed by atoms with van der Waals surface area (Å²) >= 11 is 5.56. The molecule has 2 nitrogen and oxygen atoms in total. The molecule has 0 atom stereocenters. The van der Waals surface area contributed by atoms with Crippen LogP contribution in [-0.2, 0) is 18.7 Å². The Bertz CT molecular complexity index is 457. The average molecular weight is 275 g/mol. The molecule has 0 saturated carbocycles. The maximum Gasteiger partial charge on any atom is 0.139 e. The Morgan fingerprint density at radius 2 is 1.88 bits per heavy atom. The van der Waals surface area contributed by atoms with Gasteiger partial charge in [0, 0.05) is 6.42 Å². The van der Waals surface area contributed by atoms with Crippen LogP contribution in [0, 0.1) is 0 Å². The van der Waals surface area contributed by atoms with Crippen molar-refractivity contribution in [2.75, 3.05) is 0 Å². The quantitative estimate of drug-likeness (QED) is 0.780. The number of imidazole rings is 1. The zero-order chi connectivity index (χ0) is 11.4. The summed E-state index contributed by atoms with van der Waals surface area (Å²) in [6.45, 7) is 0. The normalized spacial score (nSPS) is 10.0. The minimum absolute atomic E-state index is 0. The largest absolute Gasteiger partial charge is 0.239 e. The molecular weight excluding hydrogens is 262 g/mol. The van der Waals surface area contributed by atoms with Crippen molar-refractivity contribution in [2.24, 2.45) is 0 Å². The molecule has 5 heteroatoms. The van der Waals surface area contributed by atoms with E-state index in [2.05, 4.69) is 4.98 Å². The van der Waals surface area contributed by atoms with Crippen molar-refractivity contribution in [1.82, 2.24) is 9.77 Å². The second kappa shape index (κ2) is 6.62. The number of aryl methyl sites for hydroxylation is 2. The molecule has 0 saturated heterocycles. The number of rotatable bonds is 4. The standard InChI is InChI=1S/C12H12ClFN2.ClH/c13-8-11-9-15-12(16(11)14)7-6-10-4-2-1-3-5-10;/h1-5,9H,6-8H2;1H. The van der Waals surface area contributed by atoms with E-state index in [4.69, 9.17) is 11.6 Å². The van der Waals surface area contributed by atoms with Crippen molar-refractivity contribution < 1.29 is 4.48 Å². The first-order valence-corrected chi connectivity index (χ1v) is 5.66. The lowest BCUT2D eigenvalue weighted by atomic mass is 10.1. The Labute approximate surface area is 111 Å². The molecule has 92 valence electrons. The summed E-state index contributed by atoms with van der Waals surface area (Å²) in [7, 11) is 0. The lowest BCUT2D eigenvalue weighted by molar-refractivity contribution is 0.340. The molecule has 0 N–H and O–H groups in total. The number of benzene rings is 1. The van der Waals surface area contributed by atoms with Gasteiger partial charge in [-0.15, -0.1) is 24.0 Å². The number of aromatic nitrogens is 2. The molecule has 0 radical (unpaired) electrons. The highest BCUT2D eigenvalue weighted by molar-refractivity contribution is 6.16. The zero-order valence-electron chi connectivity index (χ0n) is 9.14. The van der Waals surface area contributed by atoms with E-state index in [-0.39, 0.29) is 18.3 Å². The number of hydrogen-bond donors (Lipinski definition) is 0. The molecular formula is C12H13Cl2FN2. The Balaban J connectivity index is 0.00000144. The Kier molecular flexibility index (Phi) is 5.45. The number of halogens is 3. The van der Waals surface area contributed by atoms with E-state index in [1.165, 1.54) is 11.8 Å². The van der Waals surface area contributed by atoms with Gasteiger partial charge in [-0.25, -0.2) is 4.98 Å². The van der Waals surface area contributed by atoms with Crippen LogP contribution in [0.4, 0.5) is 4.48 Å². The summed E-state index contributed by atoms with van der Waals surface area (Å²) in [5.41, 5.74) is 1.59. The first kappa shape index (κ1) is 14.0. The van der Waals surface area contributed by atoms with E-state index in [1.807, 2.05) is 30.3 Å². The van der Waals surface area contributed by atoms with Gasteiger partial charge < -0.3 is 0 Å². The van der Waals surface area contributed by atoms with Crippen molar-refractivity contribution in [2.45, 2.75) is 18.7 Å². The van der Waals surface area contributed by atoms with Crippen LogP contribution >= 0.6 is 24.0 Å². The van der Waals surface area contributed by atoms with Gasteiger partial charge in [0.15, 0.2) is 0 Å². The van der Waals surface area contributed by atoms with Crippen LogP contribution in [0.1, 0.15) is 17.1 Å². The molecule has 1 heterocycles. The monoisotopic (exact) mass is 274 g/mol. The first-order valence-electron chi connectivity index (χ1n) is 5.13. The van der Waals surface area contributed by atoms with Crippen LogP contribution in [0.3, 0.4) is 0 Å². The van der Waals surface area contributed by atoms with Gasteiger partial charge in [-0.3, -0.25) is 0 Å². The lowest BCUT2D eigenvalue weighted by Gasteiger charge is -2.00. The highest BCUT2D eigenvalue weighted by atomic mass is 35.5. The Hall–Kier alpha value is -1.06. The van der Waals surface area contributed by atoms with Crippen molar-refractivity contribution in [3.8, 4) is 0 Å². The summed E-state index contributed by atoms with van der Waals surface area (Å²) in [6, 6.07) is 9.95. The summed E-state index contributed by atoms with van der Waals surface area (Å²) in [6.07, 6.45) is 2.84. The van der Waals surface area contributed by atoms with Gasteiger partial charge in [-0.1, -0.05) is 34.8 Å². The van der Waals surface area contributed by atoms with E-state index in [0.29, 0.717) is 22.7 Å². The van der Waals surface area contributed by atoms with E-state index in [9.17, 15) is 4.48 Å². The van der Waals surface area contributed by atoms with Crippen molar-refractivity contribution in [3.63, 3.8) is 0 Å². The van der Waals surface area contributed by atoms with Crippen LogP contribution in [0.25, 0.3) is 0 Å². The molecule has 0 aliphatic heterocycles. The minimum Gasteiger partial charge on any atom is -0.239 e. The van der Waals surface area contributed by atoms with Gasteiger partial charge in [0.05, 0.1) is 17.8 Å². The molecule has 0 aliphatic rings. The molecule has 2 aromatic rings. The summed E-state index contributed by atoms with van der Waals surface area (Å²) in [5, 5.41) is 0. The second-order valence-corrected chi connectivity index (χ2v) is 3.83. The minimum atomic E-state index is 0. The smallest absolute Gasteiger partial charge is 0.139 e. The first-order chi connectivity index (χ1) is 7.81. The topological polar surface area (TPSA) is 17.8 Å². The molecule has 0 fully saturated rings. The van der Waals surface area contributed by atoms with Crippen LogP contribution < -0.4 is 0 Å². The van der Waals surface area contributed by atoms with Crippen LogP contribution in [-0.4, -0.2) is 9.77 Å². The highest BCUT2D eigenvalue weighted by Crippen LogP contribution is 2.11. The molecule has 1 aromatic carbocycles. The van der Waals surface area contributed by atoms with Crippen LogP contribution in [0.5, 0.6) is 0 Å². The molecule has 1 aromatic heterocycles. The van der Waals surface area contributed by atoms with E-state index >= 15 is 0 Å². The van der Waals surface area contributed by atoms with Gasteiger partial charge in [-0.05, 0) is 12.0 Å². The molecule has 0 bridgehead atoms. The summed E-state index contributed by atoms with van der Waals surface area (Å²) in [4.78, 5) is 4.58. The Morgan fingerprint density at radius 3 is 2.47 bits per heavy atom. The molecule has 0 unspecified atom stereocenters. The average Bonchev–Trinajstić information content (AvgIpc) is 2.69. The SMILES string of the molecule is Cl.Fn1c(CCl)cnc1CCc1ccccc1. The number of nitrogens with zero attached hydrogens (tertiary/aromatic N) is 2. The predicted molar refractivity (Wildman–Crippen MR) is 69.4 cm³/mol. The van der Waals surface area contributed by atoms with Gasteiger partial charge in [-0.2, -0.15) is 4.79 Å². The van der Waals surface area contributed by atoms with E-state index in [1.54, 1.807) is 0 Å². The third-order valence-electron chi connectivity index (χ3n) is 2.46. The lowest BCUT2D eigenvalue weighted by Crippen LogP contribution is -1.99.